The topological polar surface area (TPSA) is 26.0 Å². The summed E-state index contributed by atoms with van der Waals surface area (Å²) in [5.41, 5.74) is 3.09. The van der Waals surface area contributed by atoms with Gasteiger partial charge in [0.05, 0.1) is 16.8 Å². The number of alkyl halides is 1. The summed E-state index contributed by atoms with van der Waals surface area (Å²) in [4.78, 5) is 1.23. The van der Waals surface area contributed by atoms with Crippen LogP contribution in [0.2, 0.25) is 0 Å². The molecule has 2 heterocycles. The zero-order valence-corrected chi connectivity index (χ0v) is 10.3. The minimum absolute atomic E-state index is 0.146. The zero-order valence-electron chi connectivity index (χ0n) is 8.74. The lowest BCUT2D eigenvalue weighted by atomic mass is 10.0. The van der Waals surface area contributed by atoms with Crippen LogP contribution in [0.25, 0.3) is 0 Å². The number of aromatic nitrogens is 1. The van der Waals surface area contributed by atoms with E-state index in [-0.39, 0.29) is 5.38 Å². The number of aryl methyl sites for hydroxylation is 1. The van der Waals surface area contributed by atoms with Crippen LogP contribution in [0.1, 0.15) is 28.0 Å². The molecule has 1 aliphatic rings. The standard InChI is InChI=1S/C12H10ClNOS/c1-7-11-9(15-14-7)6-16-10-5-3-2-4-8(10)12(11)13/h2-5,12H,6H2,1H3. The third-order valence-corrected chi connectivity index (χ3v) is 4.33. The van der Waals surface area contributed by atoms with Crippen LogP contribution in [0.5, 0.6) is 0 Å². The zero-order chi connectivity index (χ0) is 11.1. The lowest BCUT2D eigenvalue weighted by molar-refractivity contribution is 0.390. The summed E-state index contributed by atoms with van der Waals surface area (Å²) in [6.07, 6.45) is 0. The molecular weight excluding hydrogens is 242 g/mol. The first-order chi connectivity index (χ1) is 7.77. The smallest absolute Gasteiger partial charge is 0.152 e. The molecule has 2 nitrogen and oxygen atoms in total. The predicted octanol–water partition coefficient (Wildman–Crippen LogP) is 3.92. The summed E-state index contributed by atoms with van der Waals surface area (Å²) in [5.74, 6) is 1.70. The molecule has 0 amide bonds. The van der Waals surface area contributed by atoms with Gasteiger partial charge in [-0.3, -0.25) is 0 Å². The highest BCUT2D eigenvalue weighted by molar-refractivity contribution is 7.98. The Morgan fingerprint density at radius 2 is 2.25 bits per heavy atom. The van der Waals surface area contributed by atoms with Gasteiger partial charge < -0.3 is 4.52 Å². The quantitative estimate of drug-likeness (QED) is 0.664. The number of halogens is 1. The third kappa shape index (κ3) is 1.46. The van der Waals surface area contributed by atoms with E-state index in [1.807, 2.05) is 19.1 Å². The molecule has 1 atom stereocenters. The van der Waals surface area contributed by atoms with E-state index >= 15 is 0 Å². The van der Waals surface area contributed by atoms with Crippen molar-refractivity contribution < 1.29 is 4.52 Å². The fourth-order valence-electron chi connectivity index (χ4n) is 1.97. The van der Waals surface area contributed by atoms with Crippen LogP contribution in [0.15, 0.2) is 33.7 Å². The number of benzene rings is 1. The van der Waals surface area contributed by atoms with Crippen molar-refractivity contribution in [1.29, 1.82) is 0 Å². The summed E-state index contributed by atoms with van der Waals surface area (Å²) in [6.45, 7) is 1.94. The lowest BCUT2D eigenvalue weighted by Gasteiger charge is -2.10. The molecule has 16 heavy (non-hydrogen) atoms. The van der Waals surface area contributed by atoms with Crippen LogP contribution in [-0.2, 0) is 5.75 Å². The average molecular weight is 252 g/mol. The molecule has 0 saturated heterocycles. The van der Waals surface area contributed by atoms with Gasteiger partial charge in [-0.25, -0.2) is 0 Å². The fraction of sp³-hybridized carbons (Fsp3) is 0.250. The Bertz CT molecular complexity index is 538. The highest BCUT2D eigenvalue weighted by Crippen LogP contribution is 2.43. The van der Waals surface area contributed by atoms with Gasteiger partial charge >= 0.3 is 0 Å². The molecule has 1 aromatic carbocycles. The largest absolute Gasteiger partial charge is 0.360 e. The first-order valence-corrected chi connectivity index (χ1v) is 6.50. The molecule has 0 N–H and O–H groups in total. The van der Waals surface area contributed by atoms with Gasteiger partial charge in [0.15, 0.2) is 5.76 Å². The van der Waals surface area contributed by atoms with Crippen LogP contribution in [0.4, 0.5) is 0 Å². The highest BCUT2D eigenvalue weighted by atomic mass is 35.5. The molecule has 3 rings (SSSR count). The molecule has 1 unspecified atom stereocenters. The SMILES string of the molecule is Cc1noc2c1C(Cl)c1ccccc1SC2. The monoisotopic (exact) mass is 251 g/mol. The maximum atomic E-state index is 6.52. The molecule has 1 aliphatic heterocycles. The van der Waals surface area contributed by atoms with E-state index in [9.17, 15) is 0 Å². The number of nitrogens with zero attached hydrogens (tertiary/aromatic N) is 1. The summed E-state index contributed by atoms with van der Waals surface area (Å²) in [6, 6.07) is 8.22. The second kappa shape index (κ2) is 3.82. The number of fused-ring (bicyclic) bond motifs is 2. The molecule has 0 aliphatic carbocycles. The van der Waals surface area contributed by atoms with E-state index in [2.05, 4.69) is 17.3 Å². The first kappa shape index (κ1) is 10.2. The second-order valence-corrected chi connectivity index (χ2v) is 5.25. The maximum Gasteiger partial charge on any atom is 0.152 e. The van der Waals surface area contributed by atoms with Crippen LogP contribution in [-0.4, -0.2) is 5.16 Å². The Balaban J connectivity index is 2.20. The third-order valence-electron chi connectivity index (χ3n) is 2.79. The molecule has 4 heteroatoms. The summed E-state index contributed by atoms with van der Waals surface area (Å²) in [7, 11) is 0. The van der Waals surface area contributed by atoms with Crippen LogP contribution < -0.4 is 0 Å². The van der Waals surface area contributed by atoms with Gasteiger partial charge in [-0.15, -0.1) is 23.4 Å². The highest BCUT2D eigenvalue weighted by Gasteiger charge is 2.27. The van der Waals surface area contributed by atoms with E-state index in [0.29, 0.717) is 0 Å². The lowest BCUT2D eigenvalue weighted by Crippen LogP contribution is -1.95. The summed E-state index contributed by atoms with van der Waals surface area (Å²) >= 11 is 8.27. The molecule has 1 aromatic heterocycles. The molecule has 82 valence electrons. The molecule has 0 fully saturated rings. The Morgan fingerprint density at radius 1 is 1.44 bits per heavy atom. The van der Waals surface area contributed by atoms with Gasteiger partial charge in [0, 0.05) is 10.5 Å². The number of hydrogen-bond acceptors (Lipinski definition) is 3. The van der Waals surface area contributed by atoms with Gasteiger partial charge in [-0.05, 0) is 18.6 Å². The minimum atomic E-state index is -0.146. The van der Waals surface area contributed by atoms with Crippen LogP contribution >= 0.6 is 23.4 Å². The van der Waals surface area contributed by atoms with Crippen LogP contribution in [0, 0.1) is 6.92 Å². The van der Waals surface area contributed by atoms with Gasteiger partial charge in [-0.1, -0.05) is 23.4 Å². The Hall–Kier alpha value is -0.930. The van der Waals surface area contributed by atoms with E-state index in [0.717, 1.165) is 28.3 Å². The number of thioether (sulfide) groups is 1. The van der Waals surface area contributed by atoms with E-state index in [1.165, 1.54) is 4.90 Å². The second-order valence-electron chi connectivity index (χ2n) is 3.79. The van der Waals surface area contributed by atoms with Crippen molar-refractivity contribution in [1.82, 2.24) is 5.16 Å². The number of rotatable bonds is 0. The van der Waals surface area contributed by atoms with E-state index < -0.39 is 0 Å². The summed E-state index contributed by atoms with van der Waals surface area (Å²) < 4.78 is 5.31. The normalized spacial score (nSPS) is 18.8. The molecule has 0 saturated carbocycles. The Labute approximate surface area is 103 Å². The average Bonchev–Trinajstić information content (AvgIpc) is 2.60. The number of hydrogen-bond donors (Lipinski definition) is 0. The predicted molar refractivity (Wildman–Crippen MR) is 64.9 cm³/mol. The van der Waals surface area contributed by atoms with Gasteiger partial charge in [0.1, 0.15) is 0 Å². The van der Waals surface area contributed by atoms with Crippen molar-refractivity contribution in [2.24, 2.45) is 0 Å². The minimum Gasteiger partial charge on any atom is -0.360 e. The van der Waals surface area contributed by atoms with Crippen molar-refractivity contribution in [2.75, 3.05) is 0 Å². The molecule has 0 spiro atoms. The molecule has 2 aromatic rings. The maximum absolute atomic E-state index is 6.52. The van der Waals surface area contributed by atoms with Crippen molar-refractivity contribution in [3.8, 4) is 0 Å². The van der Waals surface area contributed by atoms with E-state index in [4.69, 9.17) is 16.1 Å². The van der Waals surface area contributed by atoms with Gasteiger partial charge in [0.25, 0.3) is 0 Å². The van der Waals surface area contributed by atoms with Crippen molar-refractivity contribution >= 4 is 23.4 Å². The van der Waals surface area contributed by atoms with Gasteiger partial charge in [0.2, 0.25) is 0 Å². The Kier molecular flexibility index (Phi) is 2.45. The molecule has 0 radical (unpaired) electrons. The molecule has 0 bridgehead atoms. The van der Waals surface area contributed by atoms with Crippen molar-refractivity contribution in [3.63, 3.8) is 0 Å². The van der Waals surface area contributed by atoms with Crippen molar-refractivity contribution in [2.45, 2.75) is 22.9 Å². The first-order valence-electron chi connectivity index (χ1n) is 5.08. The van der Waals surface area contributed by atoms with Crippen molar-refractivity contribution in [3.05, 3.63) is 46.8 Å². The summed E-state index contributed by atoms with van der Waals surface area (Å²) in [5, 5.41) is 3.84. The molecular formula is C12H10ClNOS. The van der Waals surface area contributed by atoms with Crippen LogP contribution in [0.3, 0.4) is 0 Å². The van der Waals surface area contributed by atoms with E-state index in [1.54, 1.807) is 11.8 Å². The Morgan fingerprint density at radius 3 is 3.12 bits per heavy atom. The fourth-order valence-corrected chi connectivity index (χ4v) is 3.53. The van der Waals surface area contributed by atoms with Gasteiger partial charge in [-0.2, -0.15) is 0 Å².